The van der Waals surface area contributed by atoms with Gasteiger partial charge in [0.2, 0.25) is 0 Å². The number of nitrogens with zero attached hydrogens (tertiary/aromatic N) is 2. The normalized spacial score (nSPS) is 22.1. The molecule has 1 amide bonds. The van der Waals surface area contributed by atoms with E-state index < -0.39 is 46.2 Å². The fraction of sp³-hybridized carbons (Fsp3) is 0.385. The monoisotopic (exact) mass is 355 g/mol. The summed E-state index contributed by atoms with van der Waals surface area (Å²) in [6.07, 6.45) is -10.1. The summed E-state index contributed by atoms with van der Waals surface area (Å²) >= 11 is 0. The summed E-state index contributed by atoms with van der Waals surface area (Å²) in [5.74, 6) is -0.842. The number of halogens is 6. The molecule has 1 aromatic rings. The van der Waals surface area contributed by atoms with Crippen LogP contribution in [-0.2, 0) is 17.1 Å². The first kappa shape index (κ1) is 18.2. The number of hydrogen-bond donors (Lipinski definition) is 2. The van der Waals surface area contributed by atoms with Crippen LogP contribution in [-0.4, -0.2) is 34.4 Å². The minimum absolute atomic E-state index is 0.0335. The molecule has 1 aromatic carbocycles. The quantitative estimate of drug-likeness (QED) is 0.633. The Morgan fingerprint density at radius 2 is 1.54 bits per heavy atom. The highest BCUT2D eigenvalue weighted by Crippen LogP contribution is 2.37. The van der Waals surface area contributed by atoms with Gasteiger partial charge in [0, 0.05) is 12.6 Å². The fourth-order valence-corrected chi connectivity index (χ4v) is 2.26. The summed E-state index contributed by atoms with van der Waals surface area (Å²) in [4.78, 5) is 11.9. The van der Waals surface area contributed by atoms with Gasteiger partial charge in [-0.3, -0.25) is 4.79 Å². The molecule has 2 N–H and O–H groups in total. The van der Waals surface area contributed by atoms with Crippen molar-refractivity contribution in [2.45, 2.75) is 24.8 Å². The minimum Gasteiger partial charge on any atom is -0.315 e. The van der Waals surface area contributed by atoms with Gasteiger partial charge in [0.15, 0.2) is 5.54 Å². The lowest BCUT2D eigenvalue weighted by Gasteiger charge is -2.23. The van der Waals surface area contributed by atoms with Crippen LogP contribution in [0.15, 0.2) is 23.3 Å². The fourth-order valence-electron chi connectivity index (χ4n) is 2.26. The van der Waals surface area contributed by atoms with E-state index >= 15 is 0 Å². The average molecular weight is 355 g/mol. The number of alkyl halides is 6. The maximum absolute atomic E-state index is 12.9. The van der Waals surface area contributed by atoms with Crippen molar-refractivity contribution in [3.63, 3.8) is 0 Å². The molecular weight excluding hydrogens is 344 g/mol. The Bertz CT molecular complexity index is 680. The van der Waals surface area contributed by atoms with E-state index in [4.69, 9.17) is 0 Å². The number of likely N-dealkylation sites (N-methyl/N-ethyl adjacent to an activating group) is 1. The van der Waals surface area contributed by atoms with Crippen molar-refractivity contribution in [3.05, 3.63) is 34.9 Å². The smallest absolute Gasteiger partial charge is 0.315 e. The summed E-state index contributed by atoms with van der Waals surface area (Å²) in [5.41, 5.74) is -4.51. The first-order valence-electron chi connectivity index (χ1n) is 6.39. The van der Waals surface area contributed by atoms with Crippen LogP contribution < -0.4 is 5.48 Å². The van der Waals surface area contributed by atoms with E-state index in [1.807, 2.05) is 0 Å². The van der Waals surface area contributed by atoms with Crippen molar-refractivity contribution < 1.29 is 36.3 Å². The Morgan fingerprint density at radius 1 is 1.08 bits per heavy atom. The van der Waals surface area contributed by atoms with E-state index in [9.17, 15) is 36.3 Å². The van der Waals surface area contributed by atoms with Crippen LogP contribution in [0.25, 0.3) is 0 Å². The van der Waals surface area contributed by atoms with Gasteiger partial charge in [0.25, 0.3) is 5.91 Å². The second-order valence-electron chi connectivity index (χ2n) is 5.31. The zero-order valence-corrected chi connectivity index (χ0v) is 12.2. The molecular formula is C13H11F6N3O2. The molecule has 0 bridgehead atoms. The van der Waals surface area contributed by atoms with E-state index in [1.54, 1.807) is 5.48 Å². The van der Waals surface area contributed by atoms with E-state index in [0.29, 0.717) is 17.1 Å². The Kier molecular flexibility index (Phi) is 4.13. The lowest BCUT2D eigenvalue weighted by atomic mass is 9.89. The standard InChI is InChI=1S/C13H11F6N3O2/c1-11(21-24)9(20-22(2)10(11)23)6-3-7(12(14,15)16)5-8(4-6)13(17,18)19/h3-5,21,24H,1-2H3. The van der Waals surface area contributed by atoms with Crippen LogP contribution in [0, 0.1) is 0 Å². The lowest BCUT2D eigenvalue weighted by molar-refractivity contribution is -0.143. The third kappa shape index (κ3) is 2.96. The summed E-state index contributed by atoms with van der Waals surface area (Å²) in [7, 11) is 1.16. The van der Waals surface area contributed by atoms with Crippen molar-refractivity contribution in [3.8, 4) is 0 Å². The summed E-state index contributed by atoms with van der Waals surface area (Å²) in [6, 6.07) is 0.848. The molecule has 0 aromatic heterocycles. The zero-order chi connectivity index (χ0) is 18.5. The Labute approximate surface area is 131 Å². The SMILES string of the molecule is CN1N=C(c2cc(C(F)(F)F)cc(C(F)(F)F)c2)C(C)(NO)C1=O. The van der Waals surface area contributed by atoms with Gasteiger partial charge >= 0.3 is 12.4 Å². The molecule has 1 atom stereocenters. The summed E-state index contributed by atoms with van der Waals surface area (Å²) in [6.45, 7) is 1.09. The number of hydrogen-bond acceptors (Lipinski definition) is 4. The van der Waals surface area contributed by atoms with Crippen molar-refractivity contribution in [2.24, 2.45) is 5.10 Å². The van der Waals surface area contributed by atoms with Gasteiger partial charge < -0.3 is 5.21 Å². The lowest BCUT2D eigenvalue weighted by Crippen LogP contribution is -2.54. The van der Waals surface area contributed by atoms with Gasteiger partial charge in [-0.15, -0.1) is 0 Å². The number of carbonyl (C=O) groups excluding carboxylic acids is 1. The van der Waals surface area contributed by atoms with Gasteiger partial charge in [0.05, 0.1) is 16.8 Å². The Balaban J connectivity index is 2.71. The Morgan fingerprint density at radius 3 is 1.92 bits per heavy atom. The molecule has 0 aliphatic carbocycles. The first-order valence-corrected chi connectivity index (χ1v) is 6.39. The van der Waals surface area contributed by atoms with E-state index in [0.717, 1.165) is 14.0 Å². The largest absolute Gasteiger partial charge is 0.416 e. The second-order valence-corrected chi connectivity index (χ2v) is 5.31. The van der Waals surface area contributed by atoms with Crippen LogP contribution in [0.2, 0.25) is 0 Å². The molecule has 1 aliphatic rings. The molecule has 0 fully saturated rings. The van der Waals surface area contributed by atoms with Crippen molar-refractivity contribution in [2.75, 3.05) is 7.05 Å². The average Bonchev–Trinajstić information content (AvgIpc) is 2.70. The predicted octanol–water partition coefficient (Wildman–Crippen LogP) is 2.64. The summed E-state index contributed by atoms with van der Waals surface area (Å²) < 4.78 is 77.4. The third-order valence-corrected chi connectivity index (χ3v) is 3.53. The van der Waals surface area contributed by atoms with E-state index in [1.165, 1.54) is 0 Å². The van der Waals surface area contributed by atoms with Crippen molar-refractivity contribution in [1.29, 1.82) is 0 Å². The highest BCUT2D eigenvalue weighted by molar-refractivity contribution is 6.23. The maximum atomic E-state index is 12.9. The predicted molar refractivity (Wildman–Crippen MR) is 69.1 cm³/mol. The molecule has 1 aliphatic heterocycles. The first-order chi connectivity index (χ1) is 10.8. The molecule has 1 heterocycles. The third-order valence-electron chi connectivity index (χ3n) is 3.53. The van der Waals surface area contributed by atoms with Gasteiger partial charge in [-0.25, -0.2) is 5.01 Å². The molecule has 0 radical (unpaired) electrons. The minimum atomic E-state index is -5.03. The second kappa shape index (κ2) is 5.45. The number of rotatable bonds is 2. The van der Waals surface area contributed by atoms with Gasteiger partial charge in [-0.1, -0.05) is 0 Å². The molecule has 0 spiro atoms. The molecule has 11 heteroatoms. The zero-order valence-electron chi connectivity index (χ0n) is 12.2. The van der Waals surface area contributed by atoms with Gasteiger partial charge in [0.1, 0.15) is 0 Å². The van der Waals surface area contributed by atoms with Gasteiger partial charge in [-0.05, 0) is 25.1 Å². The number of hydrazone groups is 1. The number of hydroxylamine groups is 1. The van der Waals surface area contributed by atoms with Crippen molar-refractivity contribution in [1.82, 2.24) is 10.5 Å². The maximum Gasteiger partial charge on any atom is 0.416 e. The molecule has 0 saturated heterocycles. The molecule has 0 saturated carbocycles. The summed E-state index contributed by atoms with van der Waals surface area (Å²) in [5, 5.41) is 13.5. The van der Waals surface area contributed by atoms with Crippen LogP contribution in [0.5, 0.6) is 0 Å². The molecule has 2 rings (SSSR count). The number of nitrogens with one attached hydrogen (secondary N) is 1. The van der Waals surface area contributed by atoms with Crippen LogP contribution >= 0.6 is 0 Å². The molecule has 5 nitrogen and oxygen atoms in total. The number of benzene rings is 1. The molecule has 1 unspecified atom stereocenters. The Hall–Kier alpha value is -2.14. The topological polar surface area (TPSA) is 64.9 Å². The molecule has 132 valence electrons. The highest BCUT2D eigenvalue weighted by Gasteiger charge is 2.48. The van der Waals surface area contributed by atoms with Crippen molar-refractivity contribution >= 4 is 11.6 Å². The number of amides is 1. The van der Waals surface area contributed by atoms with Crippen LogP contribution in [0.3, 0.4) is 0 Å². The van der Waals surface area contributed by atoms with E-state index in [-0.39, 0.29) is 6.07 Å². The van der Waals surface area contributed by atoms with E-state index in [2.05, 4.69) is 5.10 Å². The van der Waals surface area contributed by atoms with Crippen LogP contribution in [0.1, 0.15) is 23.6 Å². The van der Waals surface area contributed by atoms with Gasteiger partial charge in [-0.2, -0.15) is 36.9 Å². The number of carbonyl (C=O) groups is 1. The highest BCUT2D eigenvalue weighted by atomic mass is 19.4. The molecule has 24 heavy (non-hydrogen) atoms. The van der Waals surface area contributed by atoms with Crippen LogP contribution in [0.4, 0.5) is 26.3 Å².